The van der Waals surface area contributed by atoms with Crippen LogP contribution >= 0.6 is 11.3 Å². The summed E-state index contributed by atoms with van der Waals surface area (Å²) in [4.78, 5) is 6.26. The molecule has 0 amide bonds. The van der Waals surface area contributed by atoms with Crippen LogP contribution in [0.15, 0.2) is 29.6 Å². The van der Waals surface area contributed by atoms with Crippen LogP contribution in [0, 0.1) is 5.82 Å². The Bertz CT molecular complexity index is 498. The lowest BCUT2D eigenvalue weighted by molar-refractivity contribution is 0.626. The van der Waals surface area contributed by atoms with Crippen molar-refractivity contribution in [3.8, 4) is 0 Å². The van der Waals surface area contributed by atoms with Gasteiger partial charge in [-0.2, -0.15) is 0 Å². The highest BCUT2D eigenvalue weighted by Gasteiger charge is 2.08. The molecule has 17 heavy (non-hydrogen) atoms. The second-order valence-corrected chi connectivity index (χ2v) is 4.56. The second-order valence-electron chi connectivity index (χ2n) is 3.67. The molecule has 0 aliphatic rings. The Balaban J connectivity index is 2.16. The van der Waals surface area contributed by atoms with Gasteiger partial charge in [-0.3, -0.25) is 0 Å². The van der Waals surface area contributed by atoms with Crippen molar-refractivity contribution in [2.24, 2.45) is 0 Å². The Morgan fingerprint density at radius 2 is 2.29 bits per heavy atom. The van der Waals surface area contributed by atoms with Crippen molar-refractivity contribution < 1.29 is 4.39 Å². The highest BCUT2D eigenvalue weighted by molar-refractivity contribution is 7.13. The molecule has 3 nitrogen and oxygen atoms in total. The van der Waals surface area contributed by atoms with Crippen LogP contribution in [0.1, 0.15) is 12.6 Å². The fourth-order valence-corrected chi connectivity index (χ4v) is 2.20. The van der Waals surface area contributed by atoms with Gasteiger partial charge in [0.2, 0.25) is 0 Å². The van der Waals surface area contributed by atoms with Crippen LogP contribution in [-0.2, 0) is 6.54 Å². The minimum absolute atomic E-state index is 0.223. The summed E-state index contributed by atoms with van der Waals surface area (Å²) in [5.41, 5.74) is 7.36. The Hall–Kier alpha value is -1.62. The molecule has 0 unspecified atom stereocenters. The normalized spacial score (nSPS) is 10.5. The number of hydrogen-bond acceptors (Lipinski definition) is 4. The van der Waals surface area contributed by atoms with Crippen molar-refractivity contribution >= 4 is 22.2 Å². The van der Waals surface area contributed by atoms with Crippen molar-refractivity contribution in [2.45, 2.75) is 13.5 Å². The molecule has 2 aromatic rings. The van der Waals surface area contributed by atoms with Gasteiger partial charge in [0.25, 0.3) is 0 Å². The molecule has 0 saturated heterocycles. The molecule has 1 heterocycles. The van der Waals surface area contributed by atoms with Gasteiger partial charge < -0.3 is 10.6 Å². The lowest BCUT2D eigenvalue weighted by Crippen LogP contribution is -2.22. The topological polar surface area (TPSA) is 42.1 Å². The van der Waals surface area contributed by atoms with Gasteiger partial charge in [-0.15, -0.1) is 11.3 Å². The number of nitrogens with two attached hydrogens (primary N) is 1. The maximum Gasteiger partial charge on any atom is 0.180 e. The van der Waals surface area contributed by atoms with Crippen LogP contribution in [0.25, 0.3) is 0 Å². The van der Waals surface area contributed by atoms with Gasteiger partial charge in [-0.25, -0.2) is 9.37 Å². The van der Waals surface area contributed by atoms with E-state index < -0.39 is 0 Å². The van der Waals surface area contributed by atoms with E-state index in [2.05, 4.69) is 9.88 Å². The second kappa shape index (κ2) is 5.14. The van der Waals surface area contributed by atoms with E-state index in [-0.39, 0.29) is 5.82 Å². The van der Waals surface area contributed by atoms with Crippen LogP contribution in [0.2, 0.25) is 0 Å². The highest BCUT2D eigenvalue weighted by Crippen LogP contribution is 2.19. The molecule has 0 atom stereocenters. The first-order valence-corrected chi connectivity index (χ1v) is 6.27. The third kappa shape index (κ3) is 2.94. The Morgan fingerprint density at radius 3 is 2.88 bits per heavy atom. The molecule has 0 aliphatic heterocycles. The maximum absolute atomic E-state index is 13.1. The lowest BCUT2D eigenvalue weighted by Gasteiger charge is -2.22. The number of aromatic nitrogens is 1. The van der Waals surface area contributed by atoms with Gasteiger partial charge in [-0.1, -0.05) is 6.07 Å². The summed E-state index contributed by atoms with van der Waals surface area (Å²) >= 11 is 1.42. The zero-order chi connectivity index (χ0) is 12.3. The van der Waals surface area contributed by atoms with Gasteiger partial charge in [-0.05, 0) is 25.1 Å². The van der Waals surface area contributed by atoms with E-state index in [1.165, 1.54) is 23.5 Å². The number of nitrogens with zero attached hydrogens (tertiary/aromatic N) is 2. The highest BCUT2D eigenvalue weighted by atomic mass is 32.1. The summed E-state index contributed by atoms with van der Waals surface area (Å²) in [6.45, 7) is 3.47. The van der Waals surface area contributed by atoms with Crippen molar-refractivity contribution in [2.75, 3.05) is 17.2 Å². The van der Waals surface area contributed by atoms with E-state index in [0.717, 1.165) is 17.9 Å². The molecule has 0 radical (unpaired) electrons. The monoisotopic (exact) mass is 251 g/mol. The zero-order valence-electron chi connectivity index (χ0n) is 9.56. The van der Waals surface area contributed by atoms with E-state index in [4.69, 9.17) is 5.73 Å². The molecule has 0 bridgehead atoms. The van der Waals surface area contributed by atoms with Gasteiger partial charge in [0.15, 0.2) is 5.13 Å². The van der Waals surface area contributed by atoms with Crippen LogP contribution in [0.5, 0.6) is 0 Å². The fraction of sp³-hybridized carbons (Fsp3) is 0.250. The molecule has 1 aromatic heterocycles. The molecule has 1 aromatic carbocycles. The summed E-state index contributed by atoms with van der Waals surface area (Å²) in [6.07, 6.45) is 0. The predicted octanol–water partition coefficient (Wildman–Crippen LogP) is 2.89. The number of thiazole rings is 1. The third-order valence-electron chi connectivity index (χ3n) is 2.48. The first kappa shape index (κ1) is 11.9. The van der Waals surface area contributed by atoms with Gasteiger partial charge >= 0.3 is 0 Å². The number of halogens is 1. The van der Waals surface area contributed by atoms with E-state index in [9.17, 15) is 4.39 Å². The Labute approximate surface area is 104 Å². The Morgan fingerprint density at radius 1 is 1.47 bits per heavy atom. The molecule has 0 spiro atoms. The molecule has 0 saturated carbocycles. The van der Waals surface area contributed by atoms with E-state index >= 15 is 0 Å². The third-order valence-corrected chi connectivity index (χ3v) is 3.20. The van der Waals surface area contributed by atoms with Gasteiger partial charge in [0.1, 0.15) is 5.82 Å². The van der Waals surface area contributed by atoms with Crippen molar-refractivity contribution in [1.82, 2.24) is 4.98 Å². The summed E-state index contributed by atoms with van der Waals surface area (Å²) in [6, 6.07) is 6.57. The smallest absolute Gasteiger partial charge is 0.180 e. The lowest BCUT2D eigenvalue weighted by atomic mass is 10.2. The van der Waals surface area contributed by atoms with Crippen LogP contribution in [0.3, 0.4) is 0 Å². The summed E-state index contributed by atoms with van der Waals surface area (Å²) < 4.78 is 13.1. The average Bonchev–Trinajstić information content (AvgIpc) is 2.72. The van der Waals surface area contributed by atoms with Gasteiger partial charge in [0, 0.05) is 17.6 Å². The van der Waals surface area contributed by atoms with E-state index in [1.54, 1.807) is 6.07 Å². The van der Waals surface area contributed by atoms with E-state index in [0.29, 0.717) is 11.7 Å². The van der Waals surface area contributed by atoms with Crippen LogP contribution < -0.4 is 10.6 Å². The van der Waals surface area contributed by atoms with Crippen molar-refractivity contribution in [1.29, 1.82) is 0 Å². The molecule has 2 N–H and O–H groups in total. The van der Waals surface area contributed by atoms with E-state index in [1.807, 2.05) is 18.4 Å². The summed E-state index contributed by atoms with van der Waals surface area (Å²) in [5.74, 6) is -0.223. The summed E-state index contributed by atoms with van der Waals surface area (Å²) in [7, 11) is 0. The number of nitrogen functional groups attached to an aromatic ring is 1. The first-order chi connectivity index (χ1) is 8.19. The largest absolute Gasteiger partial charge is 0.375 e. The molecule has 90 valence electrons. The fourth-order valence-electron chi connectivity index (χ4n) is 1.65. The minimum Gasteiger partial charge on any atom is -0.375 e. The van der Waals surface area contributed by atoms with Crippen molar-refractivity contribution in [3.63, 3.8) is 0 Å². The summed E-state index contributed by atoms with van der Waals surface area (Å²) in [5, 5.41) is 2.49. The minimum atomic E-state index is -0.223. The quantitative estimate of drug-likeness (QED) is 0.908. The standard InChI is InChI=1S/C12H14FN3S/c1-2-16(7-10-8-17-12(14)15-10)11-5-3-4-9(13)6-11/h3-6,8H,2,7H2,1H3,(H2,14,15). The molecule has 2 rings (SSSR count). The number of rotatable bonds is 4. The number of anilines is 2. The van der Waals surface area contributed by atoms with Crippen LogP contribution in [-0.4, -0.2) is 11.5 Å². The van der Waals surface area contributed by atoms with Crippen molar-refractivity contribution in [3.05, 3.63) is 41.2 Å². The predicted molar refractivity (Wildman–Crippen MR) is 69.7 cm³/mol. The maximum atomic E-state index is 13.1. The van der Waals surface area contributed by atoms with Gasteiger partial charge in [0.05, 0.1) is 12.2 Å². The Kier molecular flexibility index (Phi) is 3.58. The average molecular weight is 251 g/mol. The molecular formula is C12H14FN3S. The SMILES string of the molecule is CCN(Cc1csc(N)n1)c1cccc(F)c1. The molecule has 0 fully saturated rings. The number of benzene rings is 1. The number of hydrogen-bond donors (Lipinski definition) is 1. The molecular weight excluding hydrogens is 237 g/mol. The first-order valence-electron chi connectivity index (χ1n) is 5.39. The molecule has 0 aliphatic carbocycles. The molecule has 5 heteroatoms. The zero-order valence-corrected chi connectivity index (χ0v) is 10.4. The van der Waals surface area contributed by atoms with Crippen LogP contribution in [0.4, 0.5) is 15.2 Å².